The molecular weight excluding hydrogens is 348 g/mol. The number of benzene rings is 2. The molecule has 0 amide bonds. The fourth-order valence-corrected chi connectivity index (χ4v) is 7.13. The van der Waals surface area contributed by atoms with Crippen molar-refractivity contribution in [1.29, 1.82) is 0 Å². The lowest BCUT2D eigenvalue weighted by Crippen LogP contribution is -2.56. The van der Waals surface area contributed by atoms with E-state index in [4.69, 9.17) is 11.5 Å². The van der Waals surface area contributed by atoms with Crippen LogP contribution in [0, 0.1) is 37.5 Å². The van der Waals surface area contributed by atoms with Crippen LogP contribution in [0.3, 0.4) is 0 Å². The van der Waals surface area contributed by atoms with Crippen molar-refractivity contribution in [3.8, 4) is 11.5 Å². The van der Waals surface area contributed by atoms with Crippen LogP contribution in [-0.2, 0) is 5.41 Å². The molecule has 0 heterocycles. The minimum absolute atomic E-state index is 0.146. The van der Waals surface area contributed by atoms with Crippen molar-refractivity contribution in [3.63, 3.8) is 0 Å². The third-order valence-corrected chi connectivity index (χ3v) is 8.04. The van der Waals surface area contributed by atoms with E-state index in [1.165, 1.54) is 43.2 Å². The van der Waals surface area contributed by atoms with Gasteiger partial charge in [-0.05, 0) is 104 Å². The highest BCUT2D eigenvalue weighted by atomic mass is 16.3. The van der Waals surface area contributed by atoms with Crippen molar-refractivity contribution in [1.82, 2.24) is 0 Å². The molecule has 2 aromatic rings. The predicted molar refractivity (Wildman–Crippen MR) is 112 cm³/mol. The summed E-state index contributed by atoms with van der Waals surface area (Å²) in [6.45, 7) is 3.85. The SMILES string of the molecule is Cc1cc(C2(c3cc(C)c(O)c(N)c3)C3CC4CC(C3)CC2C4)cc(N)c1O. The number of aryl methyl sites for hydroxylation is 2. The van der Waals surface area contributed by atoms with Crippen LogP contribution in [0.5, 0.6) is 11.5 Å². The molecule has 0 aromatic heterocycles. The van der Waals surface area contributed by atoms with Crippen LogP contribution >= 0.6 is 0 Å². The molecule has 4 aliphatic rings. The topological polar surface area (TPSA) is 92.5 Å². The van der Waals surface area contributed by atoms with E-state index in [9.17, 15) is 10.2 Å². The zero-order valence-electron chi connectivity index (χ0n) is 16.7. The Bertz CT molecular complexity index is 832. The zero-order valence-corrected chi connectivity index (χ0v) is 16.7. The zero-order chi connectivity index (χ0) is 19.8. The minimum Gasteiger partial charge on any atom is -0.506 e. The molecule has 4 saturated carbocycles. The maximum absolute atomic E-state index is 10.3. The van der Waals surface area contributed by atoms with Crippen molar-refractivity contribution < 1.29 is 10.2 Å². The first-order valence-electron chi connectivity index (χ1n) is 10.5. The Morgan fingerprint density at radius 1 is 0.714 bits per heavy atom. The summed E-state index contributed by atoms with van der Waals surface area (Å²) in [6, 6.07) is 8.24. The average molecular weight is 379 g/mol. The summed E-state index contributed by atoms with van der Waals surface area (Å²) in [4.78, 5) is 0. The third kappa shape index (κ3) is 2.23. The van der Waals surface area contributed by atoms with Gasteiger partial charge in [0.2, 0.25) is 0 Å². The normalized spacial score (nSPS) is 29.9. The maximum atomic E-state index is 10.3. The Balaban J connectivity index is 1.79. The molecule has 148 valence electrons. The molecule has 28 heavy (non-hydrogen) atoms. The molecule has 0 aliphatic heterocycles. The second-order valence-corrected chi connectivity index (χ2v) is 9.64. The first-order valence-corrected chi connectivity index (χ1v) is 10.5. The summed E-state index contributed by atoms with van der Waals surface area (Å²) in [7, 11) is 0. The number of hydrogen-bond acceptors (Lipinski definition) is 4. The van der Waals surface area contributed by atoms with Gasteiger partial charge in [-0.25, -0.2) is 0 Å². The minimum atomic E-state index is -0.146. The number of anilines is 2. The molecule has 4 fully saturated rings. The summed E-state index contributed by atoms with van der Waals surface area (Å²) < 4.78 is 0. The van der Waals surface area contributed by atoms with E-state index in [1.54, 1.807) is 0 Å². The van der Waals surface area contributed by atoms with Crippen LogP contribution in [0.2, 0.25) is 0 Å². The standard InChI is InChI=1S/C24H30N2O2/c1-12-3-16(10-20(25)22(12)27)24(17-4-13(2)23(28)21(26)11-17)18-6-14-5-15(8-18)9-19(24)7-14/h3-4,10-11,14-15,18-19,27-28H,5-9,25-26H2,1-2H3. The van der Waals surface area contributed by atoms with Crippen molar-refractivity contribution in [2.45, 2.75) is 51.4 Å². The van der Waals surface area contributed by atoms with E-state index in [0.717, 1.165) is 23.0 Å². The van der Waals surface area contributed by atoms with Gasteiger partial charge >= 0.3 is 0 Å². The predicted octanol–water partition coefficient (Wildman–Crippen LogP) is 4.62. The van der Waals surface area contributed by atoms with E-state index in [2.05, 4.69) is 12.1 Å². The highest BCUT2D eigenvalue weighted by Crippen LogP contribution is 2.65. The fourth-order valence-electron chi connectivity index (χ4n) is 7.13. The Morgan fingerprint density at radius 3 is 1.46 bits per heavy atom. The van der Waals surface area contributed by atoms with Gasteiger partial charge in [0.25, 0.3) is 0 Å². The van der Waals surface area contributed by atoms with Gasteiger partial charge in [-0.3, -0.25) is 0 Å². The van der Waals surface area contributed by atoms with Crippen molar-refractivity contribution in [2.24, 2.45) is 23.7 Å². The van der Waals surface area contributed by atoms with Crippen LogP contribution in [0.15, 0.2) is 24.3 Å². The summed E-state index contributed by atoms with van der Waals surface area (Å²) in [5.41, 5.74) is 17.3. The van der Waals surface area contributed by atoms with Crippen molar-refractivity contribution in [3.05, 3.63) is 46.5 Å². The number of rotatable bonds is 2. The number of hydrogen-bond donors (Lipinski definition) is 4. The molecular formula is C24H30N2O2. The van der Waals surface area contributed by atoms with Gasteiger partial charge in [0.1, 0.15) is 11.5 Å². The Hall–Kier alpha value is -2.36. The van der Waals surface area contributed by atoms with Crippen LogP contribution < -0.4 is 11.5 Å². The number of aromatic hydroxyl groups is 2. The Kier molecular flexibility index (Phi) is 3.68. The van der Waals surface area contributed by atoms with Crippen LogP contribution in [-0.4, -0.2) is 10.2 Å². The first kappa shape index (κ1) is 17.7. The quantitative estimate of drug-likeness (QED) is 0.453. The highest BCUT2D eigenvalue weighted by Gasteiger charge is 2.58. The number of phenols is 2. The molecule has 0 radical (unpaired) electrons. The van der Waals surface area contributed by atoms with E-state index in [0.29, 0.717) is 23.2 Å². The number of nitrogens with two attached hydrogens (primary N) is 2. The van der Waals surface area contributed by atoms with E-state index in [-0.39, 0.29) is 16.9 Å². The van der Waals surface area contributed by atoms with Crippen molar-refractivity contribution >= 4 is 11.4 Å². The van der Waals surface area contributed by atoms with Gasteiger partial charge in [-0.1, -0.05) is 12.1 Å². The molecule has 6 rings (SSSR count). The van der Waals surface area contributed by atoms with Gasteiger partial charge < -0.3 is 21.7 Å². The second-order valence-electron chi connectivity index (χ2n) is 9.64. The summed E-state index contributed by atoms with van der Waals surface area (Å²) >= 11 is 0. The van der Waals surface area contributed by atoms with Crippen LogP contribution in [0.25, 0.3) is 0 Å². The van der Waals surface area contributed by atoms with Gasteiger partial charge in [-0.2, -0.15) is 0 Å². The summed E-state index contributed by atoms with van der Waals surface area (Å²) in [5.74, 6) is 3.14. The molecule has 0 saturated heterocycles. The fraction of sp³-hybridized carbons (Fsp3) is 0.500. The molecule has 6 N–H and O–H groups in total. The Morgan fingerprint density at radius 2 is 1.11 bits per heavy atom. The Labute approximate surface area is 166 Å². The molecule has 4 nitrogen and oxygen atoms in total. The van der Waals surface area contributed by atoms with E-state index in [1.807, 2.05) is 26.0 Å². The second kappa shape index (κ2) is 5.82. The lowest BCUT2D eigenvalue weighted by Gasteiger charge is -2.62. The summed E-state index contributed by atoms with van der Waals surface area (Å²) in [5, 5.41) is 20.6. The molecule has 4 bridgehead atoms. The number of nitrogen functional groups attached to an aromatic ring is 2. The largest absolute Gasteiger partial charge is 0.506 e. The average Bonchev–Trinajstić information content (AvgIpc) is 2.63. The van der Waals surface area contributed by atoms with Gasteiger partial charge in [0.15, 0.2) is 0 Å². The smallest absolute Gasteiger partial charge is 0.141 e. The number of phenolic OH excluding ortho intramolecular Hbond substituents is 2. The van der Waals surface area contributed by atoms with Gasteiger partial charge in [0.05, 0.1) is 11.4 Å². The van der Waals surface area contributed by atoms with Crippen LogP contribution in [0.4, 0.5) is 11.4 Å². The maximum Gasteiger partial charge on any atom is 0.141 e. The molecule has 2 aromatic carbocycles. The summed E-state index contributed by atoms with van der Waals surface area (Å²) in [6.07, 6.45) is 6.36. The molecule has 0 atom stereocenters. The lowest BCUT2D eigenvalue weighted by atomic mass is 9.42. The van der Waals surface area contributed by atoms with Crippen LogP contribution in [0.1, 0.15) is 54.4 Å². The van der Waals surface area contributed by atoms with E-state index >= 15 is 0 Å². The molecule has 4 heteroatoms. The third-order valence-electron chi connectivity index (χ3n) is 8.04. The molecule has 0 unspecified atom stereocenters. The monoisotopic (exact) mass is 378 g/mol. The van der Waals surface area contributed by atoms with Crippen molar-refractivity contribution in [2.75, 3.05) is 11.5 Å². The van der Waals surface area contributed by atoms with E-state index < -0.39 is 0 Å². The molecule has 0 spiro atoms. The lowest BCUT2D eigenvalue weighted by molar-refractivity contribution is -0.0418. The first-order chi connectivity index (χ1) is 13.3. The van der Waals surface area contributed by atoms with Gasteiger partial charge in [-0.15, -0.1) is 0 Å². The highest BCUT2D eigenvalue weighted by molar-refractivity contribution is 5.64. The molecule has 4 aliphatic carbocycles. The van der Waals surface area contributed by atoms with Gasteiger partial charge in [0, 0.05) is 5.41 Å².